The predicted molar refractivity (Wildman–Crippen MR) is 83.9 cm³/mol. The zero-order chi connectivity index (χ0) is 15.7. The molecule has 0 fully saturated rings. The molecule has 1 rings (SSSR count). The van der Waals surface area contributed by atoms with E-state index >= 15 is 0 Å². The van der Waals surface area contributed by atoms with E-state index in [4.69, 9.17) is 17.3 Å². The normalized spacial score (nSPS) is 10.6. The zero-order valence-electron chi connectivity index (χ0n) is 12.1. The SMILES string of the molecule is NCCCCCCCCNC(=O)c1ccc(O)c(O)c1Cl. The molecule has 0 saturated carbocycles. The van der Waals surface area contributed by atoms with Gasteiger partial charge in [0.15, 0.2) is 11.5 Å². The Morgan fingerprint density at radius 1 is 1.10 bits per heavy atom. The molecule has 0 aliphatic carbocycles. The summed E-state index contributed by atoms with van der Waals surface area (Å²) in [6, 6.07) is 2.63. The Labute approximate surface area is 130 Å². The molecule has 1 aromatic rings. The summed E-state index contributed by atoms with van der Waals surface area (Å²) >= 11 is 5.82. The Morgan fingerprint density at radius 2 is 1.71 bits per heavy atom. The van der Waals surface area contributed by atoms with E-state index in [-0.39, 0.29) is 22.2 Å². The third-order valence-corrected chi connectivity index (χ3v) is 3.64. The molecule has 5 N–H and O–H groups in total. The van der Waals surface area contributed by atoms with Gasteiger partial charge < -0.3 is 21.3 Å². The molecule has 0 saturated heterocycles. The van der Waals surface area contributed by atoms with E-state index in [1.54, 1.807) is 0 Å². The van der Waals surface area contributed by atoms with Gasteiger partial charge in [0, 0.05) is 6.54 Å². The van der Waals surface area contributed by atoms with Crippen molar-refractivity contribution in [2.24, 2.45) is 5.73 Å². The lowest BCUT2D eigenvalue weighted by atomic mass is 10.1. The maximum absolute atomic E-state index is 11.9. The summed E-state index contributed by atoms with van der Waals surface area (Å²) in [4.78, 5) is 11.9. The van der Waals surface area contributed by atoms with Crippen molar-refractivity contribution in [3.05, 3.63) is 22.7 Å². The Balaban J connectivity index is 2.27. The molecular formula is C15H23ClN2O3. The van der Waals surface area contributed by atoms with Crippen molar-refractivity contribution in [1.29, 1.82) is 0 Å². The summed E-state index contributed by atoms with van der Waals surface area (Å²) in [5, 5.41) is 21.4. The number of nitrogens with one attached hydrogen (secondary N) is 1. The molecule has 1 amide bonds. The second-order valence-electron chi connectivity index (χ2n) is 4.96. The van der Waals surface area contributed by atoms with Crippen LogP contribution in [0.15, 0.2) is 12.1 Å². The fraction of sp³-hybridized carbons (Fsp3) is 0.533. The number of carbonyl (C=O) groups excluding carboxylic acids is 1. The smallest absolute Gasteiger partial charge is 0.252 e. The van der Waals surface area contributed by atoms with E-state index in [9.17, 15) is 15.0 Å². The number of carbonyl (C=O) groups is 1. The summed E-state index contributed by atoms with van der Waals surface area (Å²) in [5.41, 5.74) is 5.58. The quantitative estimate of drug-likeness (QED) is 0.416. The number of nitrogens with two attached hydrogens (primary N) is 1. The van der Waals surface area contributed by atoms with Gasteiger partial charge in [-0.2, -0.15) is 0 Å². The molecule has 1 aromatic carbocycles. The van der Waals surface area contributed by atoms with Gasteiger partial charge in [-0.05, 0) is 31.5 Å². The zero-order valence-corrected chi connectivity index (χ0v) is 12.8. The number of aromatic hydroxyl groups is 2. The Bertz CT molecular complexity index is 466. The first-order valence-corrected chi connectivity index (χ1v) is 7.64. The monoisotopic (exact) mass is 314 g/mol. The first kappa shape index (κ1) is 17.6. The van der Waals surface area contributed by atoms with Gasteiger partial charge in [-0.3, -0.25) is 4.79 Å². The Morgan fingerprint density at radius 3 is 2.38 bits per heavy atom. The van der Waals surface area contributed by atoms with Crippen LogP contribution in [0.5, 0.6) is 11.5 Å². The van der Waals surface area contributed by atoms with Crippen molar-refractivity contribution in [2.45, 2.75) is 38.5 Å². The molecule has 0 radical (unpaired) electrons. The second kappa shape index (κ2) is 9.47. The van der Waals surface area contributed by atoms with Gasteiger partial charge in [0.1, 0.15) is 0 Å². The standard InChI is InChI=1S/C15H23ClN2O3/c16-13-11(7-8-12(19)14(13)20)15(21)18-10-6-4-2-1-3-5-9-17/h7-8,19-20H,1-6,9-10,17H2,(H,18,21). The van der Waals surface area contributed by atoms with E-state index in [0.717, 1.165) is 38.6 Å². The third-order valence-electron chi connectivity index (χ3n) is 3.26. The summed E-state index contributed by atoms with van der Waals surface area (Å²) in [6.45, 7) is 1.31. The first-order chi connectivity index (χ1) is 10.1. The van der Waals surface area contributed by atoms with Crippen LogP contribution in [0.3, 0.4) is 0 Å². The van der Waals surface area contributed by atoms with E-state index in [1.807, 2.05) is 0 Å². The van der Waals surface area contributed by atoms with Crippen LogP contribution in [0.25, 0.3) is 0 Å². The Hall–Kier alpha value is -1.46. The average Bonchev–Trinajstić information content (AvgIpc) is 2.47. The van der Waals surface area contributed by atoms with Crippen LogP contribution in [0.4, 0.5) is 0 Å². The molecule has 118 valence electrons. The molecule has 0 atom stereocenters. The second-order valence-corrected chi connectivity index (χ2v) is 5.34. The molecule has 0 aliphatic rings. The number of amides is 1. The number of halogens is 1. The highest BCUT2D eigenvalue weighted by Gasteiger charge is 2.15. The lowest BCUT2D eigenvalue weighted by molar-refractivity contribution is 0.0952. The van der Waals surface area contributed by atoms with Crippen molar-refractivity contribution in [2.75, 3.05) is 13.1 Å². The lowest BCUT2D eigenvalue weighted by Gasteiger charge is -2.08. The van der Waals surface area contributed by atoms with Crippen LogP contribution >= 0.6 is 11.6 Å². The maximum atomic E-state index is 11.9. The largest absolute Gasteiger partial charge is 0.504 e. The molecule has 0 spiro atoms. The van der Waals surface area contributed by atoms with Crippen molar-refractivity contribution in [3.63, 3.8) is 0 Å². The van der Waals surface area contributed by atoms with Crippen LogP contribution in [-0.4, -0.2) is 29.2 Å². The molecule has 0 heterocycles. The fourth-order valence-electron chi connectivity index (χ4n) is 2.00. The molecule has 0 bridgehead atoms. The summed E-state index contributed by atoms with van der Waals surface area (Å²) in [6.07, 6.45) is 6.49. The van der Waals surface area contributed by atoms with Crippen LogP contribution in [0.1, 0.15) is 48.9 Å². The Kier molecular flexibility index (Phi) is 7.93. The highest BCUT2D eigenvalue weighted by atomic mass is 35.5. The topological polar surface area (TPSA) is 95.6 Å². The summed E-state index contributed by atoms with van der Waals surface area (Å²) in [5.74, 6) is -1.16. The van der Waals surface area contributed by atoms with Crippen LogP contribution in [0, 0.1) is 0 Å². The lowest BCUT2D eigenvalue weighted by Crippen LogP contribution is -2.24. The van der Waals surface area contributed by atoms with Crippen molar-refractivity contribution < 1.29 is 15.0 Å². The van der Waals surface area contributed by atoms with Gasteiger partial charge in [0.2, 0.25) is 0 Å². The van der Waals surface area contributed by atoms with Crippen LogP contribution in [0.2, 0.25) is 5.02 Å². The number of hydrogen-bond acceptors (Lipinski definition) is 4. The van der Waals surface area contributed by atoms with Crippen LogP contribution in [-0.2, 0) is 0 Å². The predicted octanol–water partition coefficient (Wildman–Crippen LogP) is 2.78. The highest BCUT2D eigenvalue weighted by molar-refractivity contribution is 6.35. The van der Waals surface area contributed by atoms with Gasteiger partial charge in [-0.25, -0.2) is 0 Å². The molecule has 0 unspecified atom stereocenters. The van der Waals surface area contributed by atoms with E-state index in [0.29, 0.717) is 6.54 Å². The van der Waals surface area contributed by atoms with Crippen LogP contribution < -0.4 is 11.1 Å². The van der Waals surface area contributed by atoms with Crippen molar-refractivity contribution in [3.8, 4) is 11.5 Å². The highest BCUT2D eigenvalue weighted by Crippen LogP contribution is 2.35. The van der Waals surface area contributed by atoms with Gasteiger partial charge in [-0.1, -0.05) is 37.3 Å². The van der Waals surface area contributed by atoms with E-state index in [1.165, 1.54) is 18.6 Å². The average molecular weight is 315 g/mol. The van der Waals surface area contributed by atoms with Gasteiger partial charge in [0.25, 0.3) is 5.91 Å². The van der Waals surface area contributed by atoms with Crippen molar-refractivity contribution in [1.82, 2.24) is 5.32 Å². The van der Waals surface area contributed by atoms with Gasteiger partial charge in [-0.15, -0.1) is 0 Å². The van der Waals surface area contributed by atoms with Crippen molar-refractivity contribution >= 4 is 17.5 Å². The number of phenols is 2. The molecule has 0 aliphatic heterocycles. The number of unbranched alkanes of at least 4 members (excludes halogenated alkanes) is 5. The molecule has 5 nitrogen and oxygen atoms in total. The minimum atomic E-state index is -0.468. The first-order valence-electron chi connectivity index (χ1n) is 7.26. The van der Waals surface area contributed by atoms with Gasteiger partial charge >= 0.3 is 0 Å². The fourth-order valence-corrected chi connectivity index (χ4v) is 2.25. The van der Waals surface area contributed by atoms with Gasteiger partial charge in [0.05, 0.1) is 10.6 Å². The number of rotatable bonds is 9. The maximum Gasteiger partial charge on any atom is 0.252 e. The summed E-state index contributed by atoms with van der Waals surface area (Å²) in [7, 11) is 0. The minimum absolute atomic E-state index is 0.130. The number of phenolic OH excluding ortho intramolecular Hbond substituents is 2. The summed E-state index contributed by atoms with van der Waals surface area (Å²) < 4.78 is 0. The molecule has 0 aromatic heterocycles. The molecule has 6 heteroatoms. The van der Waals surface area contributed by atoms with E-state index in [2.05, 4.69) is 5.32 Å². The minimum Gasteiger partial charge on any atom is -0.504 e. The van der Waals surface area contributed by atoms with E-state index < -0.39 is 5.75 Å². The number of benzene rings is 1. The molecule has 21 heavy (non-hydrogen) atoms. The third kappa shape index (κ3) is 5.81. The molecular weight excluding hydrogens is 292 g/mol. The number of hydrogen-bond donors (Lipinski definition) is 4.